The van der Waals surface area contributed by atoms with E-state index >= 15 is 0 Å². The van der Waals surface area contributed by atoms with Gasteiger partial charge in [0, 0.05) is 25.9 Å². The second-order valence-electron chi connectivity index (χ2n) is 3.14. The Morgan fingerprint density at radius 3 is 1.53 bits per heavy atom. The van der Waals surface area contributed by atoms with Crippen molar-refractivity contribution < 1.29 is 17.7 Å². The fourth-order valence-electron chi connectivity index (χ4n) is 1.09. The molecule has 0 saturated carbocycles. The molecule has 0 saturated heterocycles. The Morgan fingerprint density at radius 1 is 0.867 bits per heavy atom. The number of hydrogen-bond donors (Lipinski definition) is 0. The van der Waals surface area contributed by atoms with Gasteiger partial charge in [-0.25, -0.2) is 0 Å². The molecule has 15 heavy (non-hydrogen) atoms. The first-order chi connectivity index (χ1) is 7.14. The van der Waals surface area contributed by atoms with Gasteiger partial charge in [-0.05, 0) is 34.1 Å². The second kappa shape index (κ2) is 8.24. The minimum Gasteiger partial charge on any atom is -0.351 e. The van der Waals surface area contributed by atoms with Crippen LogP contribution in [0, 0.1) is 0 Å². The van der Waals surface area contributed by atoms with Crippen molar-refractivity contribution >= 4 is 9.05 Å². The molecule has 0 aromatic heterocycles. The Bertz CT molecular complexity index is 137. The Morgan fingerprint density at radius 2 is 1.27 bits per heavy atom. The van der Waals surface area contributed by atoms with E-state index in [1.807, 2.05) is 27.7 Å². The lowest BCUT2D eigenvalue weighted by Crippen LogP contribution is -2.51. The molecule has 0 amide bonds. The normalized spacial score (nSPS) is 14.2. The largest absolute Gasteiger partial charge is 0.679 e. The predicted octanol–water partition coefficient (Wildman–Crippen LogP) is 2.35. The summed E-state index contributed by atoms with van der Waals surface area (Å²) >= 11 is 0. The summed E-state index contributed by atoms with van der Waals surface area (Å²) in [6, 6.07) is 0. The van der Waals surface area contributed by atoms with Crippen molar-refractivity contribution in [2.45, 2.75) is 47.1 Å². The maximum Gasteiger partial charge on any atom is 0.679 e. The van der Waals surface area contributed by atoms with E-state index in [9.17, 15) is 0 Å². The van der Waals surface area contributed by atoms with Gasteiger partial charge in [0.15, 0.2) is 0 Å². The fraction of sp³-hybridized carbons (Fsp3) is 1.00. The summed E-state index contributed by atoms with van der Waals surface area (Å²) in [4.78, 5) is 0. The number of rotatable bonds is 9. The van der Waals surface area contributed by atoms with Crippen LogP contribution in [-0.4, -0.2) is 35.0 Å². The molecule has 0 aliphatic carbocycles. The topological polar surface area (TPSA) is 36.9 Å². The average molecular weight is 236 g/mol. The maximum absolute atomic E-state index is 5.78. The number of hydrogen-bond acceptors (Lipinski definition) is 4. The molecular formula is C10H24O4Si. The van der Waals surface area contributed by atoms with Gasteiger partial charge in [0.2, 0.25) is 0 Å². The van der Waals surface area contributed by atoms with E-state index in [2.05, 4.69) is 6.92 Å². The summed E-state index contributed by atoms with van der Waals surface area (Å²) in [6.45, 7) is 11.4. The van der Waals surface area contributed by atoms with Gasteiger partial charge >= 0.3 is 9.05 Å². The lowest BCUT2D eigenvalue weighted by Gasteiger charge is -2.29. The van der Waals surface area contributed by atoms with Crippen LogP contribution in [0.1, 0.15) is 41.0 Å². The lowest BCUT2D eigenvalue weighted by atomic mass is 10.3. The van der Waals surface area contributed by atoms with Crippen molar-refractivity contribution in [3.05, 3.63) is 0 Å². The molecule has 0 aromatic rings. The van der Waals surface area contributed by atoms with Crippen molar-refractivity contribution in [3.63, 3.8) is 0 Å². The van der Waals surface area contributed by atoms with Gasteiger partial charge in [-0.15, -0.1) is 0 Å². The zero-order valence-corrected chi connectivity index (χ0v) is 11.5. The van der Waals surface area contributed by atoms with Crippen LogP contribution in [0.25, 0.3) is 0 Å². The van der Waals surface area contributed by atoms with Gasteiger partial charge in [0.25, 0.3) is 0 Å². The van der Waals surface area contributed by atoms with Crippen LogP contribution in [0.5, 0.6) is 0 Å². The van der Waals surface area contributed by atoms with Gasteiger partial charge < -0.3 is 17.7 Å². The minimum atomic E-state index is -2.88. The molecular weight excluding hydrogens is 212 g/mol. The van der Waals surface area contributed by atoms with E-state index in [4.69, 9.17) is 17.7 Å². The average Bonchev–Trinajstić information content (AvgIpc) is 2.18. The van der Waals surface area contributed by atoms with Crippen LogP contribution >= 0.6 is 0 Å². The van der Waals surface area contributed by atoms with Gasteiger partial charge in [-0.2, -0.15) is 0 Å². The summed E-state index contributed by atoms with van der Waals surface area (Å²) in [6.07, 6.45) is 1.02. The van der Waals surface area contributed by atoms with E-state index in [1.165, 1.54) is 0 Å². The van der Waals surface area contributed by atoms with Crippen LogP contribution in [-0.2, 0) is 17.7 Å². The Kier molecular flexibility index (Phi) is 8.27. The van der Waals surface area contributed by atoms with E-state index < -0.39 is 9.05 Å². The third kappa shape index (κ3) is 5.63. The maximum atomic E-state index is 5.78. The van der Waals surface area contributed by atoms with Crippen LogP contribution in [0.4, 0.5) is 0 Å². The van der Waals surface area contributed by atoms with Crippen molar-refractivity contribution in [1.29, 1.82) is 0 Å². The van der Waals surface area contributed by atoms with E-state index in [-0.39, 0.29) is 6.10 Å². The molecule has 0 aliphatic rings. The third-order valence-electron chi connectivity index (χ3n) is 1.88. The van der Waals surface area contributed by atoms with Gasteiger partial charge in [-0.1, -0.05) is 6.92 Å². The molecule has 0 bridgehead atoms. The molecule has 0 fully saturated rings. The van der Waals surface area contributed by atoms with Gasteiger partial charge in [-0.3, -0.25) is 0 Å². The summed E-state index contributed by atoms with van der Waals surface area (Å²) in [5, 5.41) is 0. The minimum absolute atomic E-state index is 0.0984. The molecule has 92 valence electrons. The third-order valence-corrected chi connectivity index (χ3v) is 4.50. The summed E-state index contributed by atoms with van der Waals surface area (Å²) < 4.78 is 22.4. The Labute approximate surface area is 94.4 Å². The first-order valence-electron chi connectivity index (χ1n) is 5.73. The first-order valence-corrected chi connectivity index (χ1v) is 7.37. The molecule has 0 rings (SSSR count). The summed E-state index contributed by atoms with van der Waals surface area (Å²) in [5.41, 5.74) is 0. The standard InChI is InChI=1S/C10H24O4Si/c1-6-10(5)14-15(11-7-2,12-8-3)13-9-4/h10H,6-9H2,1-5H3. The SMILES string of the molecule is CCO[Si](OCC)(OCC)OC(C)CC. The van der Waals surface area contributed by atoms with Crippen molar-refractivity contribution in [1.82, 2.24) is 0 Å². The van der Waals surface area contributed by atoms with Gasteiger partial charge in [0.1, 0.15) is 0 Å². The van der Waals surface area contributed by atoms with Crippen molar-refractivity contribution in [3.8, 4) is 0 Å². The van der Waals surface area contributed by atoms with Crippen LogP contribution in [0.2, 0.25) is 0 Å². The molecule has 0 aliphatic heterocycles. The van der Waals surface area contributed by atoms with Crippen molar-refractivity contribution in [2.75, 3.05) is 19.8 Å². The first kappa shape index (κ1) is 15.1. The monoisotopic (exact) mass is 236 g/mol. The fourth-order valence-corrected chi connectivity index (χ4v) is 3.26. The van der Waals surface area contributed by atoms with E-state index in [0.717, 1.165) is 6.42 Å². The second-order valence-corrected chi connectivity index (χ2v) is 5.24. The van der Waals surface area contributed by atoms with Crippen LogP contribution in [0.15, 0.2) is 0 Å². The zero-order valence-electron chi connectivity index (χ0n) is 10.5. The highest BCUT2D eigenvalue weighted by Gasteiger charge is 2.46. The molecule has 5 heteroatoms. The molecule has 0 spiro atoms. The molecule has 0 N–H and O–H groups in total. The van der Waals surface area contributed by atoms with Crippen LogP contribution in [0.3, 0.4) is 0 Å². The molecule has 1 unspecified atom stereocenters. The highest BCUT2D eigenvalue weighted by atomic mass is 28.4. The summed E-state index contributed by atoms with van der Waals surface area (Å²) in [5.74, 6) is 0. The highest BCUT2D eigenvalue weighted by molar-refractivity contribution is 6.53. The van der Waals surface area contributed by atoms with E-state index in [1.54, 1.807) is 0 Å². The predicted molar refractivity (Wildman–Crippen MR) is 61.5 cm³/mol. The van der Waals surface area contributed by atoms with Gasteiger partial charge in [0.05, 0.1) is 0 Å². The Hall–Kier alpha value is 0.0569. The quantitative estimate of drug-likeness (QED) is 0.576. The zero-order chi connectivity index (χ0) is 11.7. The molecule has 4 nitrogen and oxygen atoms in total. The molecule has 0 radical (unpaired) electrons. The molecule has 1 atom stereocenters. The summed E-state index contributed by atoms with van der Waals surface area (Å²) in [7, 11) is -2.88. The lowest BCUT2D eigenvalue weighted by molar-refractivity contribution is -0.0468. The smallest absolute Gasteiger partial charge is 0.351 e. The van der Waals surface area contributed by atoms with Crippen molar-refractivity contribution in [2.24, 2.45) is 0 Å². The highest BCUT2D eigenvalue weighted by Crippen LogP contribution is 2.15. The molecule has 0 heterocycles. The van der Waals surface area contributed by atoms with Crippen LogP contribution < -0.4 is 0 Å². The molecule has 0 aromatic carbocycles. The van der Waals surface area contributed by atoms with E-state index in [0.29, 0.717) is 19.8 Å². The Balaban J connectivity index is 4.44.